The Morgan fingerprint density at radius 3 is 3.00 bits per heavy atom. The summed E-state index contributed by atoms with van der Waals surface area (Å²) in [6.07, 6.45) is 1.67. The quantitative estimate of drug-likeness (QED) is 0.778. The van der Waals surface area contributed by atoms with Crippen molar-refractivity contribution < 1.29 is 18.3 Å². The van der Waals surface area contributed by atoms with Crippen molar-refractivity contribution in [1.29, 1.82) is 0 Å². The molecule has 2 aromatic heterocycles. The predicted octanol–water partition coefficient (Wildman–Crippen LogP) is 1.19. The van der Waals surface area contributed by atoms with Crippen molar-refractivity contribution in [3.05, 3.63) is 16.7 Å². The van der Waals surface area contributed by atoms with Crippen molar-refractivity contribution in [2.24, 2.45) is 0 Å². The fourth-order valence-corrected chi connectivity index (χ4v) is 4.01. The highest BCUT2D eigenvalue weighted by Gasteiger charge is 2.24. The number of hydrogen-bond donors (Lipinski definition) is 2. The Bertz CT molecular complexity index is 706. The van der Waals surface area contributed by atoms with Crippen molar-refractivity contribution in [1.82, 2.24) is 14.1 Å². The first-order valence-corrected chi connectivity index (χ1v) is 7.98. The lowest BCUT2D eigenvalue weighted by atomic mass is 10.3. The van der Waals surface area contributed by atoms with Crippen LogP contribution in [0.25, 0.3) is 4.96 Å². The molecule has 7 nitrogen and oxygen atoms in total. The summed E-state index contributed by atoms with van der Waals surface area (Å²) < 4.78 is 27.8. The van der Waals surface area contributed by atoms with Gasteiger partial charge in [0.15, 0.2) is 15.1 Å². The molecule has 10 heteroatoms. The van der Waals surface area contributed by atoms with Crippen LogP contribution in [0.4, 0.5) is 0 Å². The Hall–Kier alpha value is -1.16. The molecule has 0 saturated carbocycles. The molecule has 0 amide bonds. The fraction of sp³-hybridized carbons (Fsp3) is 0.333. The average molecular weight is 324 g/mol. The van der Waals surface area contributed by atoms with Crippen molar-refractivity contribution in [2.45, 2.75) is 17.9 Å². The number of nitrogens with one attached hydrogen (secondary N) is 1. The van der Waals surface area contributed by atoms with Gasteiger partial charge in [0.05, 0.1) is 0 Å². The first-order valence-electron chi connectivity index (χ1n) is 5.24. The molecule has 2 N–H and O–H groups in total. The number of aromatic nitrogens is 2. The van der Waals surface area contributed by atoms with Crippen LogP contribution < -0.4 is 4.72 Å². The van der Waals surface area contributed by atoms with Gasteiger partial charge in [0, 0.05) is 24.5 Å². The third-order valence-corrected chi connectivity index (χ3v) is 4.91. The molecule has 0 radical (unpaired) electrons. The van der Waals surface area contributed by atoms with E-state index in [1.807, 2.05) is 0 Å². The molecule has 0 aromatic carbocycles. The molecular formula is C9H10ClN3O4S2. The van der Waals surface area contributed by atoms with Crippen molar-refractivity contribution >= 4 is 43.9 Å². The van der Waals surface area contributed by atoms with Gasteiger partial charge in [-0.25, -0.2) is 18.1 Å². The van der Waals surface area contributed by atoms with E-state index in [1.165, 1.54) is 15.7 Å². The summed E-state index contributed by atoms with van der Waals surface area (Å²) in [6, 6.07) is 0. The Morgan fingerprint density at radius 1 is 1.58 bits per heavy atom. The van der Waals surface area contributed by atoms with E-state index in [0.29, 0.717) is 4.96 Å². The van der Waals surface area contributed by atoms with Crippen LogP contribution in [-0.4, -0.2) is 35.4 Å². The molecule has 0 aliphatic rings. The number of thiazole rings is 1. The largest absolute Gasteiger partial charge is 0.481 e. The number of carboxylic acid groups (broad SMARTS) is 1. The number of nitrogens with zero attached hydrogens (tertiary/aromatic N) is 2. The van der Waals surface area contributed by atoms with E-state index in [1.54, 1.807) is 11.6 Å². The van der Waals surface area contributed by atoms with Crippen LogP contribution in [0.3, 0.4) is 0 Å². The average Bonchev–Trinajstić information content (AvgIpc) is 2.83. The Labute approximate surface area is 117 Å². The molecule has 0 aliphatic heterocycles. The zero-order valence-electron chi connectivity index (χ0n) is 9.54. The fourth-order valence-electron chi connectivity index (χ4n) is 1.49. The van der Waals surface area contributed by atoms with E-state index in [4.69, 9.17) is 16.7 Å². The third kappa shape index (κ3) is 3.06. The summed E-state index contributed by atoms with van der Waals surface area (Å²) in [6.45, 7) is 0.0301. The molecule has 0 fully saturated rings. The SMILES string of the molecule is O=C(O)CCCNS(=O)(=O)c1c(Cl)nc2sccn12. The number of aliphatic carboxylic acids is 1. The van der Waals surface area contributed by atoms with Crippen LogP contribution in [0.1, 0.15) is 12.8 Å². The molecule has 2 heterocycles. The second kappa shape index (κ2) is 5.45. The molecule has 0 saturated heterocycles. The summed E-state index contributed by atoms with van der Waals surface area (Å²) in [4.78, 5) is 14.7. The second-order valence-electron chi connectivity index (χ2n) is 3.66. The van der Waals surface area contributed by atoms with Gasteiger partial charge in [-0.3, -0.25) is 9.20 Å². The molecule has 0 atom stereocenters. The number of fused-ring (bicyclic) bond motifs is 1. The lowest BCUT2D eigenvalue weighted by molar-refractivity contribution is -0.137. The highest BCUT2D eigenvalue weighted by Crippen LogP contribution is 2.25. The van der Waals surface area contributed by atoms with E-state index >= 15 is 0 Å². The van der Waals surface area contributed by atoms with Crippen LogP contribution >= 0.6 is 22.9 Å². The maximum absolute atomic E-state index is 12.1. The van der Waals surface area contributed by atoms with Crippen LogP contribution in [-0.2, 0) is 14.8 Å². The number of rotatable bonds is 6. The van der Waals surface area contributed by atoms with Crippen LogP contribution in [0.2, 0.25) is 5.15 Å². The summed E-state index contributed by atoms with van der Waals surface area (Å²) in [5, 5.41) is 9.95. The highest BCUT2D eigenvalue weighted by molar-refractivity contribution is 7.89. The minimum atomic E-state index is -3.81. The summed E-state index contributed by atoms with van der Waals surface area (Å²) in [5.41, 5.74) is 0. The van der Waals surface area contributed by atoms with E-state index in [9.17, 15) is 13.2 Å². The van der Waals surface area contributed by atoms with Crippen LogP contribution in [0, 0.1) is 0 Å². The normalized spacial score (nSPS) is 12.1. The molecular weight excluding hydrogens is 314 g/mol. The van der Waals surface area contributed by atoms with E-state index in [0.717, 1.165) is 0 Å². The van der Waals surface area contributed by atoms with Gasteiger partial charge in [-0.2, -0.15) is 0 Å². The highest BCUT2D eigenvalue weighted by atomic mass is 35.5. The Morgan fingerprint density at radius 2 is 2.32 bits per heavy atom. The summed E-state index contributed by atoms with van der Waals surface area (Å²) in [7, 11) is -3.81. The van der Waals surface area contributed by atoms with Gasteiger partial charge in [0.1, 0.15) is 0 Å². The van der Waals surface area contributed by atoms with Gasteiger partial charge in [-0.05, 0) is 6.42 Å². The number of carbonyl (C=O) groups is 1. The van der Waals surface area contributed by atoms with Crippen molar-refractivity contribution in [3.63, 3.8) is 0 Å². The second-order valence-corrected chi connectivity index (χ2v) is 6.57. The van der Waals surface area contributed by atoms with Crippen molar-refractivity contribution in [2.75, 3.05) is 6.54 Å². The topological polar surface area (TPSA) is 101 Å². The third-order valence-electron chi connectivity index (χ3n) is 2.29. The molecule has 104 valence electrons. The molecule has 2 aromatic rings. The van der Waals surface area contributed by atoms with E-state index < -0.39 is 16.0 Å². The summed E-state index contributed by atoms with van der Waals surface area (Å²) in [5.74, 6) is -0.971. The van der Waals surface area contributed by atoms with Gasteiger partial charge < -0.3 is 5.11 Å². The van der Waals surface area contributed by atoms with Gasteiger partial charge in [-0.15, -0.1) is 11.3 Å². The molecule has 19 heavy (non-hydrogen) atoms. The number of sulfonamides is 1. The molecule has 0 bridgehead atoms. The Balaban J connectivity index is 2.17. The first kappa shape index (κ1) is 14.3. The molecule has 0 spiro atoms. The monoisotopic (exact) mass is 323 g/mol. The van der Waals surface area contributed by atoms with Crippen LogP contribution in [0.15, 0.2) is 16.6 Å². The van der Waals surface area contributed by atoms with Gasteiger partial charge in [-0.1, -0.05) is 11.6 Å². The maximum atomic E-state index is 12.1. The smallest absolute Gasteiger partial charge is 0.303 e. The van der Waals surface area contributed by atoms with Gasteiger partial charge >= 0.3 is 5.97 Å². The maximum Gasteiger partial charge on any atom is 0.303 e. The zero-order valence-corrected chi connectivity index (χ0v) is 11.9. The lowest BCUT2D eigenvalue weighted by Crippen LogP contribution is -2.26. The van der Waals surface area contributed by atoms with Gasteiger partial charge in [0.2, 0.25) is 0 Å². The molecule has 0 unspecified atom stereocenters. The minimum Gasteiger partial charge on any atom is -0.481 e. The predicted molar refractivity (Wildman–Crippen MR) is 70.1 cm³/mol. The Kier molecular flexibility index (Phi) is 4.09. The number of hydrogen-bond acceptors (Lipinski definition) is 5. The van der Waals surface area contributed by atoms with Crippen molar-refractivity contribution in [3.8, 4) is 0 Å². The number of halogens is 1. The van der Waals surface area contributed by atoms with E-state index in [-0.39, 0.29) is 29.6 Å². The van der Waals surface area contributed by atoms with Gasteiger partial charge in [0.25, 0.3) is 10.0 Å². The first-order chi connectivity index (χ1) is 8.92. The lowest BCUT2D eigenvalue weighted by Gasteiger charge is -2.05. The zero-order chi connectivity index (χ0) is 14.0. The number of imidazole rings is 1. The minimum absolute atomic E-state index is 0.0301. The summed E-state index contributed by atoms with van der Waals surface area (Å²) >= 11 is 7.09. The standard InChI is InChI=1S/C9H10ClN3O4S2/c10-7-8(13-4-5-18-9(13)12-7)19(16,17)11-3-1-2-6(14)15/h4-5,11H,1-3H2,(H,14,15). The van der Waals surface area contributed by atoms with E-state index in [2.05, 4.69) is 9.71 Å². The molecule has 2 rings (SSSR count). The molecule has 0 aliphatic carbocycles. The van der Waals surface area contributed by atoms with Crippen LogP contribution in [0.5, 0.6) is 0 Å². The number of carboxylic acids is 1.